The van der Waals surface area contributed by atoms with Gasteiger partial charge in [0.05, 0.1) is 31.7 Å². The minimum atomic E-state index is -0.719. The Hall–Kier alpha value is -5.02. The van der Waals surface area contributed by atoms with Crippen molar-refractivity contribution in [2.75, 3.05) is 19.1 Å². The molecule has 242 valence electrons. The number of Topliss-reactive ketones (excluding diaryl/α,β-unsaturated/α-hetero) is 1. The van der Waals surface area contributed by atoms with E-state index in [9.17, 15) is 24.3 Å². The number of ether oxygens (including phenoxy) is 2. The molecule has 0 spiro atoms. The smallest absolute Gasteiger partial charge is 0.238 e. The molecule has 48 heavy (non-hydrogen) atoms. The third kappa shape index (κ3) is 5.13. The third-order valence-electron chi connectivity index (χ3n) is 9.91. The van der Waals surface area contributed by atoms with Crippen molar-refractivity contribution in [3.63, 3.8) is 0 Å². The number of nitrogens with zero attached hydrogens (tertiary/aromatic N) is 1. The molecule has 9 heteroatoms. The number of fused-ring (bicyclic) bond motifs is 3. The van der Waals surface area contributed by atoms with Crippen LogP contribution in [-0.4, -0.2) is 42.7 Å². The Bertz CT molecular complexity index is 2040. The van der Waals surface area contributed by atoms with Gasteiger partial charge in [-0.2, -0.15) is 0 Å². The second-order valence-corrected chi connectivity index (χ2v) is 13.4. The van der Waals surface area contributed by atoms with Crippen LogP contribution in [0.3, 0.4) is 0 Å². The minimum Gasteiger partial charge on any atom is -0.508 e. The summed E-state index contributed by atoms with van der Waals surface area (Å²) in [5, 5.41) is 11.0. The van der Waals surface area contributed by atoms with Crippen LogP contribution in [0.5, 0.6) is 17.2 Å². The third-order valence-corrected chi connectivity index (χ3v) is 10.4. The van der Waals surface area contributed by atoms with Gasteiger partial charge in [0, 0.05) is 38.2 Å². The second-order valence-electron chi connectivity index (χ2n) is 12.5. The minimum absolute atomic E-state index is 0.0133. The Kier molecular flexibility index (Phi) is 8.03. The predicted molar refractivity (Wildman–Crippen MR) is 185 cm³/mol. The number of allylic oxidation sites excluding steroid dienone is 6. The maximum Gasteiger partial charge on any atom is 0.238 e. The lowest BCUT2D eigenvalue weighted by Crippen LogP contribution is -2.39. The zero-order valence-electron chi connectivity index (χ0n) is 26.5. The molecule has 0 radical (unpaired) electrons. The van der Waals surface area contributed by atoms with Crippen molar-refractivity contribution < 1.29 is 33.8 Å². The van der Waals surface area contributed by atoms with E-state index >= 15 is 0 Å². The maximum atomic E-state index is 14.3. The summed E-state index contributed by atoms with van der Waals surface area (Å²) in [7, 11) is 3.21. The largest absolute Gasteiger partial charge is 0.508 e. The van der Waals surface area contributed by atoms with E-state index in [0.29, 0.717) is 50.4 Å². The Morgan fingerprint density at radius 2 is 1.67 bits per heavy atom. The number of halogens is 1. The highest BCUT2D eigenvalue weighted by molar-refractivity contribution is 9.10. The molecule has 3 aliphatic carbocycles. The summed E-state index contributed by atoms with van der Waals surface area (Å²) in [5.41, 5.74) is 4.46. The number of rotatable bonds is 6. The van der Waals surface area contributed by atoms with Crippen molar-refractivity contribution in [2.24, 2.45) is 17.8 Å². The molecule has 0 unspecified atom stereocenters. The second kappa shape index (κ2) is 12.2. The normalized spacial score (nSPS) is 23.5. The number of methoxy groups -OCH3 is 2. The molecule has 8 nitrogen and oxygen atoms in total. The summed E-state index contributed by atoms with van der Waals surface area (Å²) in [4.78, 5) is 56.4. The van der Waals surface area contributed by atoms with Gasteiger partial charge < -0.3 is 14.6 Å². The van der Waals surface area contributed by atoms with Crippen LogP contribution in [0.1, 0.15) is 42.4 Å². The van der Waals surface area contributed by atoms with Crippen molar-refractivity contribution in [1.82, 2.24) is 0 Å². The molecule has 1 fully saturated rings. The number of phenolic OH excluding ortho intramolecular Hbond substituents is 1. The molecular weight excluding hydrogens is 674 g/mol. The molecule has 2 amide bonds. The first-order chi connectivity index (χ1) is 23.1. The van der Waals surface area contributed by atoms with Crippen LogP contribution in [0.4, 0.5) is 5.69 Å². The number of ketones is 2. The Morgan fingerprint density at radius 3 is 2.40 bits per heavy atom. The molecule has 3 aromatic rings. The summed E-state index contributed by atoms with van der Waals surface area (Å²) < 4.78 is 11.5. The fourth-order valence-electron chi connectivity index (χ4n) is 7.62. The van der Waals surface area contributed by atoms with Crippen LogP contribution in [-0.2, 0) is 19.2 Å². The van der Waals surface area contributed by atoms with Gasteiger partial charge in [-0.25, -0.2) is 0 Å². The van der Waals surface area contributed by atoms with Crippen LogP contribution in [0, 0.1) is 17.8 Å². The van der Waals surface area contributed by atoms with E-state index in [1.807, 2.05) is 48.6 Å². The quantitative estimate of drug-likeness (QED) is 0.128. The molecule has 3 aromatic carbocycles. The number of aromatic hydroxyl groups is 1. The van der Waals surface area contributed by atoms with Crippen LogP contribution in [0.15, 0.2) is 99.6 Å². The lowest BCUT2D eigenvalue weighted by Gasteiger charge is -2.42. The summed E-state index contributed by atoms with van der Waals surface area (Å²) in [6, 6.07) is 17.7. The number of imide groups is 1. The predicted octanol–water partition coefficient (Wildman–Crippen LogP) is 6.98. The van der Waals surface area contributed by atoms with E-state index in [1.54, 1.807) is 51.5 Å². The van der Waals surface area contributed by atoms with Crippen LogP contribution >= 0.6 is 15.9 Å². The summed E-state index contributed by atoms with van der Waals surface area (Å²) in [6.07, 6.45) is 7.60. The van der Waals surface area contributed by atoms with Gasteiger partial charge >= 0.3 is 0 Å². The van der Waals surface area contributed by atoms with Gasteiger partial charge in [0.2, 0.25) is 11.8 Å². The van der Waals surface area contributed by atoms with Crippen molar-refractivity contribution in [3.05, 3.63) is 116 Å². The molecule has 1 aliphatic heterocycles. The highest BCUT2D eigenvalue weighted by atomic mass is 79.9. The standard InChI is InChI=1S/C39H32BrNO7/c1-20-16-32(43)30-19-28-26(34(36(30)37(20)44)29-18-23(40)8-14-31(29)42)12-13-27-35(28)39(46)41(38(27)45)24-9-5-21(6-10-24)4-7-22-17-25(47-2)11-15-33(22)48-3/h4-12,14-18,27-28,34-35,42H,13,19H2,1-3H3/t27-,28+,34+,35-/m0/s1. The van der Waals surface area contributed by atoms with E-state index in [4.69, 9.17) is 9.47 Å². The highest BCUT2D eigenvalue weighted by Crippen LogP contribution is 2.56. The van der Waals surface area contributed by atoms with Crippen molar-refractivity contribution in [2.45, 2.75) is 25.7 Å². The monoisotopic (exact) mass is 705 g/mol. The van der Waals surface area contributed by atoms with E-state index in [0.717, 1.165) is 16.7 Å². The zero-order chi connectivity index (χ0) is 33.9. The topological polar surface area (TPSA) is 110 Å². The van der Waals surface area contributed by atoms with Gasteiger partial charge in [0.1, 0.15) is 17.2 Å². The van der Waals surface area contributed by atoms with Gasteiger partial charge in [-0.15, -0.1) is 0 Å². The van der Waals surface area contributed by atoms with Crippen LogP contribution in [0.2, 0.25) is 0 Å². The molecular formula is C39H32BrNO7. The number of benzene rings is 3. The van der Waals surface area contributed by atoms with Gasteiger partial charge in [-0.3, -0.25) is 24.1 Å². The molecule has 0 aromatic heterocycles. The van der Waals surface area contributed by atoms with Gasteiger partial charge in [-0.1, -0.05) is 51.9 Å². The molecule has 7 rings (SSSR count). The van der Waals surface area contributed by atoms with Crippen molar-refractivity contribution >= 4 is 57.2 Å². The number of amides is 2. The summed E-state index contributed by atoms with van der Waals surface area (Å²) >= 11 is 3.48. The molecule has 1 heterocycles. The van der Waals surface area contributed by atoms with E-state index in [-0.39, 0.29) is 35.6 Å². The van der Waals surface area contributed by atoms with E-state index in [2.05, 4.69) is 15.9 Å². The Balaban J connectivity index is 1.21. The molecule has 1 saturated heterocycles. The molecule has 0 bridgehead atoms. The maximum absolute atomic E-state index is 14.3. The summed E-state index contributed by atoms with van der Waals surface area (Å²) in [5.74, 6) is -2.26. The summed E-state index contributed by atoms with van der Waals surface area (Å²) in [6.45, 7) is 1.62. The number of hydrogen-bond acceptors (Lipinski definition) is 7. The molecule has 4 aliphatic rings. The van der Waals surface area contributed by atoms with Crippen molar-refractivity contribution in [3.8, 4) is 17.2 Å². The highest BCUT2D eigenvalue weighted by Gasteiger charge is 2.56. The fourth-order valence-corrected chi connectivity index (χ4v) is 8.00. The lowest BCUT2D eigenvalue weighted by atomic mass is 9.59. The van der Waals surface area contributed by atoms with Gasteiger partial charge in [0.15, 0.2) is 11.6 Å². The van der Waals surface area contributed by atoms with E-state index in [1.165, 1.54) is 11.0 Å². The first kappa shape index (κ1) is 31.6. The molecule has 0 saturated carbocycles. The number of anilines is 1. The molecule has 4 atom stereocenters. The van der Waals surface area contributed by atoms with Crippen LogP contribution in [0.25, 0.3) is 12.2 Å². The fraction of sp³-hybridized carbons (Fsp3) is 0.231. The van der Waals surface area contributed by atoms with Crippen LogP contribution < -0.4 is 14.4 Å². The lowest BCUT2D eigenvalue weighted by molar-refractivity contribution is -0.123. The van der Waals surface area contributed by atoms with Crippen molar-refractivity contribution in [1.29, 1.82) is 0 Å². The number of hydrogen-bond donors (Lipinski definition) is 1. The Morgan fingerprint density at radius 1 is 0.896 bits per heavy atom. The average molecular weight is 707 g/mol. The van der Waals surface area contributed by atoms with Gasteiger partial charge in [-0.05, 0) is 85.9 Å². The number of carbonyl (C=O) groups is 4. The molecule has 1 N–H and O–H groups in total. The van der Waals surface area contributed by atoms with E-state index < -0.39 is 23.7 Å². The first-order valence-corrected chi connectivity index (χ1v) is 16.5. The Labute approximate surface area is 286 Å². The first-order valence-electron chi connectivity index (χ1n) is 15.7. The average Bonchev–Trinajstić information content (AvgIpc) is 3.35. The number of phenols is 1. The SMILES string of the molecule is COc1ccc(OC)c(C=Cc2ccc(N3C(=O)[C@H]4[C@H](CC=C5[C@H](c6cc(Br)ccc6O)C6=C(C[C@H]54)C(=O)C=C(C)C6=O)C3=O)cc2)c1. The zero-order valence-corrected chi connectivity index (χ0v) is 28.1. The van der Waals surface area contributed by atoms with Gasteiger partial charge in [0.25, 0.3) is 0 Å². The number of carbonyl (C=O) groups excluding carboxylic acids is 4.